The maximum Gasteiger partial charge on any atom is 0.339 e. The van der Waals surface area contributed by atoms with Crippen LogP contribution >= 0.6 is 11.8 Å². The molecule has 9 nitrogen and oxygen atoms in total. The van der Waals surface area contributed by atoms with Crippen LogP contribution in [0.5, 0.6) is 0 Å². The molecule has 0 bridgehead atoms. The molecule has 2 N–H and O–H groups in total. The van der Waals surface area contributed by atoms with Crippen molar-refractivity contribution in [1.29, 1.82) is 0 Å². The van der Waals surface area contributed by atoms with Crippen molar-refractivity contribution >= 4 is 29.5 Å². The lowest BCUT2D eigenvalue weighted by Gasteiger charge is -2.10. The topological polar surface area (TPSA) is 131 Å². The number of hydrogen-bond acceptors (Lipinski definition) is 8. The molecule has 0 fully saturated rings. The first-order valence-corrected chi connectivity index (χ1v) is 9.21. The lowest BCUT2D eigenvalue weighted by Crippen LogP contribution is -2.18. The molecule has 0 amide bonds. The molecule has 0 aliphatic carbocycles. The second kappa shape index (κ2) is 8.87. The number of aromatic nitrogens is 3. The van der Waals surface area contributed by atoms with Crippen molar-refractivity contribution < 1.29 is 23.9 Å². The molecule has 0 saturated carbocycles. The number of rotatable bonds is 7. The maximum atomic E-state index is 12.8. The number of thioether (sulfide) groups is 1. The second-order valence-corrected chi connectivity index (χ2v) is 7.37. The van der Waals surface area contributed by atoms with Crippen LogP contribution in [0.2, 0.25) is 0 Å². The zero-order valence-corrected chi connectivity index (χ0v) is 17.0. The summed E-state index contributed by atoms with van der Waals surface area (Å²) in [6, 6.07) is 1.20. The fourth-order valence-corrected chi connectivity index (χ4v) is 3.57. The average molecular weight is 407 g/mol. The van der Waals surface area contributed by atoms with Gasteiger partial charge in [-0.15, -0.1) is 0 Å². The van der Waals surface area contributed by atoms with E-state index >= 15 is 0 Å². The average Bonchev–Trinajstić information content (AvgIpc) is 2.93. The lowest BCUT2D eigenvalue weighted by atomic mass is 10.1. The number of nitrogens with one attached hydrogen (secondary N) is 2. The van der Waals surface area contributed by atoms with Crippen LogP contribution < -0.4 is 5.56 Å². The Bertz CT molecular complexity index is 978. The predicted octanol–water partition coefficient (Wildman–Crippen LogP) is 1.58. The zero-order valence-electron chi connectivity index (χ0n) is 16.2. The van der Waals surface area contributed by atoms with E-state index in [4.69, 9.17) is 4.74 Å². The quantitative estimate of drug-likeness (QED) is 0.306. The Kier molecular flexibility index (Phi) is 6.79. The summed E-state index contributed by atoms with van der Waals surface area (Å²) in [7, 11) is 2.52. The highest BCUT2D eigenvalue weighted by Crippen LogP contribution is 2.26. The minimum atomic E-state index is -0.612. The van der Waals surface area contributed by atoms with Gasteiger partial charge in [0.1, 0.15) is 0 Å². The number of ether oxygens (including phenoxy) is 2. The summed E-state index contributed by atoms with van der Waals surface area (Å²) < 4.78 is 9.32. The molecule has 2 rings (SSSR count). The van der Waals surface area contributed by atoms with Crippen LogP contribution in [0.4, 0.5) is 0 Å². The number of nitrogens with zero attached hydrogens (tertiary/aromatic N) is 1. The van der Waals surface area contributed by atoms with Crippen LogP contribution in [0.25, 0.3) is 0 Å². The third-order valence-electron chi connectivity index (χ3n) is 4.06. The van der Waals surface area contributed by atoms with Crippen LogP contribution in [0.3, 0.4) is 0 Å². The molecule has 1 atom stereocenters. The molecule has 28 heavy (non-hydrogen) atoms. The van der Waals surface area contributed by atoms with Crippen molar-refractivity contribution in [2.45, 2.75) is 37.6 Å². The Hall–Kier alpha value is -2.88. The largest absolute Gasteiger partial charge is 0.469 e. The minimum Gasteiger partial charge on any atom is -0.469 e. The number of methoxy groups -OCH3 is 2. The molecule has 0 aromatic carbocycles. The molecule has 2 aromatic rings. The maximum absolute atomic E-state index is 12.8. The SMILES string of the molecule is COC(=O)Cc1cc(=O)[nH]c(S[C@H](C)C(=O)c2[nH]c(C)c(C(=O)OC)c2C)n1. The molecule has 2 heterocycles. The number of hydrogen-bond donors (Lipinski definition) is 2. The first kappa shape index (κ1) is 21.4. The van der Waals surface area contributed by atoms with Gasteiger partial charge in [0.25, 0.3) is 5.56 Å². The van der Waals surface area contributed by atoms with E-state index in [-0.39, 0.29) is 23.1 Å². The fourth-order valence-electron chi connectivity index (χ4n) is 2.68. The Labute approximate surface area is 165 Å². The van der Waals surface area contributed by atoms with Gasteiger partial charge in [-0.2, -0.15) is 0 Å². The van der Waals surface area contributed by atoms with Crippen molar-refractivity contribution in [3.05, 3.63) is 44.6 Å². The monoisotopic (exact) mass is 407 g/mol. The standard InChI is InChI=1S/C18H21N3O6S/c1-8-14(17(25)27-5)9(2)19-15(8)16(24)10(3)28-18-20-11(6-12(22)21-18)7-13(23)26-4/h6,10,19H,7H2,1-5H3,(H,20,21,22)/t10-/m1/s1. The summed E-state index contributed by atoms with van der Waals surface area (Å²) in [5.41, 5.74) is 1.48. The summed E-state index contributed by atoms with van der Waals surface area (Å²) >= 11 is 1.04. The number of carbonyl (C=O) groups excluding carboxylic acids is 3. The van der Waals surface area contributed by atoms with Crippen LogP contribution in [-0.2, 0) is 20.7 Å². The number of carbonyl (C=O) groups is 3. The summed E-state index contributed by atoms with van der Waals surface area (Å²) in [6.07, 6.45) is -0.145. The van der Waals surface area contributed by atoms with E-state index in [2.05, 4.69) is 19.7 Å². The fraction of sp³-hybridized carbons (Fsp3) is 0.389. The Morgan fingerprint density at radius 3 is 2.46 bits per heavy atom. The van der Waals surface area contributed by atoms with Crippen molar-refractivity contribution in [3.63, 3.8) is 0 Å². The van der Waals surface area contributed by atoms with Gasteiger partial charge >= 0.3 is 11.9 Å². The normalized spacial score (nSPS) is 11.8. The van der Waals surface area contributed by atoms with Gasteiger partial charge in [-0.25, -0.2) is 9.78 Å². The molecule has 2 aromatic heterocycles. The van der Waals surface area contributed by atoms with Gasteiger partial charge in [0.15, 0.2) is 10.9 Å². The van der Waals surface area contributed by atoms with Gasteiger partial charge in [0.2, 0.25) is 0 Å². The summed E-state index contributed by atoms with van der Waals surface area (Å²) in [5.74, 6) is -1.31. The molecule has 150 valence electrons. The van der Waals surface area contributed by atoms with Crippen LogP contribution in [0.15, 0.2) is 16.0 Å². The molecule has 0 aliphatic rings. The number of Topliss-reactive ketones (excluding diaryl/α,β-unsaturated/α-hetero) is 1. The number of aromatic amines is 2. The van der Waals surface area contributed by atoms with E-state index in [0.717, 1.165) is 11.8 Å². The van der Waals surface area contributed by atoms with Crippen LogP contribution in [0, 0.1) is 13.8 Å². The summed E-state index contributed by atoms with van der Waals surface area (Å²) in [5, 5.41) is -0.403. The van der Waals surface area contributed by atoms with Crippen LogP contribution in [-0.4, -0.2) is 52.1 Å². The second-order valence-electron chi connectivity index (χ2n) is 6.04. The molecular weight excluding hydrogens is 386 g/mol. The third kappa shape index (κ3) is 4.69. The highest BCUT2D eigenvalue weighted by molar-refractivity contribution is 8.00. The van der Waals surface area contributed by atoms with Gasteiger partial charge in [0.05, 0.1) is 42.8 Å². The van der Waals surface area contributed by atoms with E-state index in [0.29, 0.717) is 22.5 Å². The number of H-pyrrole nitrogens is 2. The Balaban J connectivity index is 2.25. The highest BCUT2D eigenvalue weighted by atomic mass is 32.2. The van der Waals surface area contributed by atoms with Gasteiger partial charge < -0.3 is 19.4 Å². The molecular formula is C18H21N3O6S. The minimum absolute atomic E-state index is 0.145. The number of esters is 2. The van der Waals surface area contributed by atoms with Gasteiger partial charge in [-0.1, -0.05) is 11.8 Å². The lowest BCUT2D eigenvalue weighted by molar-refractivity contribution is -0.139. The Morgan fingerprint density at radius 1 is 1.18 bits per heavy atom. The zero-order chi connectivity index (χ0) is 21.0. The smallest absolute Gasteiger partial charge is 0.339 e. The molecule has 10 heteroatoms. The van der Waals surface area contributed by atoms with Crippen molar-refractivity contribution in [3.8, 4) is 0 Å². The van der Waals surface area contributed by atoms with Gasteiger partial charge in [-0.3, -0.25) is 14.4 Å². The first-order valence-electron chi connectivity index (χ1n) is 8.33. The van der Waals surface area contributed by atoms with E-state index in [1.807, 2.05) is 0 Å². The van der Waals surface area contributed by atoms with E-state index < -0.39 is 22.7 Å². The van der Waals surface area contributed by atoms with Crippen LogP contribution in [0.1, 0.15) is 44.7 Å². The molecule has 0 spiro atoms. The molecule has 0 aliphatic heterocycles. The number of aryl methyl sites for hydroxylation is 1. The summed E-state index contributed by atoms with van der Waals surface area (Å²) in [6.45, 7) is 5.01. The van der Waals surface area contributed by atoms with E-state index in [9.17, 15) is 19.2 Å². The van der Waals surface area contributed by atoms with E-state index in [1.165, 1.54) is 20.3 Å². The van der Waals surface area contributed by atoms with Crippen molar-refractivity contribution in [2.75, 3.05) is 14.2 Å². The third-order valence-corrected chi connectivity index (χ3v) is 5.04. The first-order chi connectivity index (χ1) is 13.2. The van der Waals surface area contributed by atoms with Crippen molar-refractivity contribution in [2.24, 2.45) is 0 Å². The van der Waals surface area contributed by atoms with Crippen molar-refractivity contribution in [1.82, 2.24) is 15.0 Å². The molecule has 0 saturated heterocycles. The molecule has 0 unspecified atom stereocenters. The number of ketones is 1. The van der Waals surface area contributed by atoms with Gasteiger partial charge in [-0.05, 0) is 26.3 Å². The summed E-state index contributed by atoms with van der Waals surface area (Å²) in [4.78, 5) is 57.6. The van der Waals surface area contributed by atoms with E-state index in [1.54, 1.807) is 20.8 Å². The highest BCUT2D eigenvalue weighted by Gasteiger charge is 2.26. The molecule has 0 radical (unpaired) electrons. The Morgan fingerprint density at radius 2 is 1.86 bits per heavy atom. The van der Waals surface area contributed by atoms with Gasteiger partial charge in [0, 0.05) is 11.8 Å². The predicted molar refractivity (Wildman–Crippen MR) is 102 cm³/mol.